The van der Waals surface area contributed by atoms with E-state index >= 15 is 0 Å². The minimum Gasteiger partial charge on any atom is -0.324 e. The summed E-state index contributed by atoms with van der Waals surface area (Å²) >= 11 is 6.08. The number of aromatic nitrogens is 2. The SMILES string of the molecule is CC1(C)CCC(n2c(CCl)nc3ccc(C#N)cc32)C1. The van der Waals surface area contributed by atoms with Gasteiger partial charge in [-0.2, -0.15) is 5.26 Å². The van der Waals surface area contributed by atoms with E-state index in [0.29, 0.717) is 22.9 Å². The molecule has 0 amide bonds. The van der Waals surface area contributed by atoms with Gasteiger partial charge >= 0.3 is 0 Å². The van der Waals surface area contributed by atoms with E-state index < -0.39 is 0 Å². The molecule has 3 nitrogen and oxygen atoms in total. The lowest BCUT2D eigenvalue weighted by Crippen LogP contribution is -2.11. The van der Waals surface area contributed by atoms with Crippen LogP contribution in [0, 0.1) is 16.7 Å². The Bertz CT molecular complexity index is 694. The van der Waals surface area contributed by atoms with Gasteiger partial charge in [-0.05, 0) is 42.9 Å². The van der Waals surface area contributed by atoms with Crippen LogP contribution in [0.15, 0.2) is 18.2 Å². The average Bonchev–Trinajstić information content (AvgIpc) is 2.97. The van der Waals surface area contributed by atoms with Crippen LogP contribution in [-0.2, 0) is 5.88 Å². The summed E-state index contributed by atoms with van der Waals surface area (Å²) in [5.41, 5.74) is 3.03. The van der Waals surface area contributed by atoms with Crippen LogP contribution in [-0.4, -0.2) is 9.55 Å². The van der Waals surface area contributed by atoms with E-state index in [2.05, 4.69) is 29.5 Å². The summed E-state index contributed by atoms with van der Waals surface area (Å²) < 4.78 is 2.26. The largest absolute Gasteiger partial charge is 0.324 e. The zero-order valence-corrected chi connectivity index (χ0v) is 12.6. The second-order valence-electron chi connectivity index (χ2n) is 6.41. The van der Waals surface area contributed by atoms with E-state index in [4.69, 9.17) is 16.9 Å². The molecule has 0 N–H and O–H groups in total. The van der Waals surface area contributed by atoms with Gasteiger partial charge in [0.1, 0.15) is 5.82 Å². The van der Waals surface area contributed by atoms with Gasteiger partial charge in [0.15, 0.2) is 0 Å². The predicted octanol–water partition coefficient (Wildman–Crippen LogP) is 4.40. The standard InChI is InChI=1S/C16H18ClN3/c1-16(2)6-5-12(8-16)20-14-7-11(10-18)3-4-13(14)19-15(20)9-17/h3-4,7,12H,5-6,8-9H2,1-2H3. The molecule has 1 aromatic carbocycles. The van der Waals surface area contributed by atoms with Crippen molar-refractivity contribution in [2.45, 2.75) is 45.0 Å². The lowest BCUT2D eigenvalue weighted by atomic mass is 9.92. The van der Waals surface area contributed by atoms with Crippen LogP contribution in [0.25, 0.3) is 11.0 Å². The number of nitrogens with zero attached hydrogens (tertiary/aromatic N) is 3. The molecule has 104 valence electrons. The van der Waals surface area contributed by atoms with E-state index in [0.717, 1.165) is 29.7 Å². The Morgan fingerprint density at radius 2 is 2.30 bits per heavy atom. The molecule has 1 aliphatic rings. The lowest BCUT2D eigenvalue weighted by molar-refractivity contribution is 0.359. The van der Waals surface area contributed by atoms with Crippen LogP contribution in [0.4, 0.5) is 0 Å². The van der Waals surface area contributed by atoms with Gasteiger partial charge in [0.05, 0.1) is 28.5 Å². The number of alkyl halides is 1. The fraction of sp³-hybridized carbons (Fsp3) is 0.500. The summed E-state index contributed by atoms with van der Waals surface area (Å²) in [7, 11) is 0. The molecule has 1 aromatic heterocycles. The molecule has 0 saturated heterocycles. The Hall–Kier alpha value is -1.53. The first kappa shape index (κ1) is 13.5. The minimum absolute atomic E-state index is 0.373. The number of fused-ring (bicyclic) bond motifs is 1. The molecule has 1 unspecified atom stereocenters. The Morgan fingerprint density at radius 1 is 1.50 bits per heavy atom. The Labute approximate surface area is 124 Å². The molecule has 1 atom stereocenters. The summed E-state index contributed by atoms with van der Waals surface area (Å²) in [6, 6.07) is 8.32. The third kappa shape index (κ3) is 2.19. The van der Waals surface area contributed by atoms with Crippen molar-refractivity contribution in [2.75, 3.05) is 0 Å². The van der Waals surface area contributed by atoms with E-state index in [1.807, 2.05) is 18.2 Å². The maximum atomic E-state index is 9.09. The molecule has 1 aliphatic carbocycles. The molecule has 4 heteroatoms. The summed E-state index contributed by atoms with van der Waals surface area (Å²) in [6.45, 7) is 4.63. The topological polar surface area (TPSA) is 41.6 Å². The van der Waals surface area contributed by atoms with Crippen molar-refractivity contribution >= 4 is 22.6 Å². The number of benzene rings is 1. The molecule has 1 saturated carbocycles. The fourth-order valence-corrected chi connectivity index (χ4v) is 3.52. The van der Waals surface area contributed by atoms with Gasteiger partial charge in [0.2, 0.25) is 0 Å². The second-order valence-corrected chi connectivity index (χ2v) is 6.68. The summed E-state index contributed by atoms with van der Waals surface area (Å²) in [5.74, 6) is 1.33. The third-order valence-corrected chi connectivity index (χ3v) is 4.56. The monoisotopic (exact) mass is 287 g/mol. The summed E-state index contributed by atoms with van der Waals surface area (Å²) in [5, 5.41) is 9.09. The Kier molecular flexibility index (Phi) is 3.22. The smallest absolute Gasteiger partial charge is 0.125 e. The molecule has 0 aliphatic heterocycles. The van der Waals surface area contributed by atoms with Crippen molar-refractivity contribution in [3.05, 3.63) is 29.6 Å². The number of rotatable bonds is 2. The van der Waals surface area contributed by atoms with Crippen LogP contribution in [0.2, 0.25) is 0 Å². The number of halogens is 1. The van der Waals surface area contributed by atoms with Gasteiger partial charge in [0.25, 0.3) is 0 Å². The molecule has 1 heterocycles. The normalized spacial score (nSPS) is 21.2. The zero-order chi connectivity index (χ0) is 14.3. The maximum Gasteiger partial charge on any atom is 0.125 e. The molecular weight excluding hydrogens is 270 g/mol. The first-order valence-electron chi connectivity index (χ1n) is 7.01. The Morgan fingerprint density at radius 3 is 2.90 bits per heavy atom. The van der Waals surface area contributed by atoms with E-state index in [1.165, 1.54) is 6.42 Å². The fourth-order valence-electron chi connectivity index (χ4n) is 3.33. The van der Waals surface area contributed by atoms with Crippen LogP contribution in [0.5, 0.6) is 0 Å². The summed E-state index contributed by atoms with van der Waals surface area (Å²) in [4.78, 5) is 4.62. The highest BCUT2D eigenvalue weighted by Crippen LogP contribution is 2.45. The second kappa shape index (κ2) is 4.79. The molecule has 3 rings (SSSR count). The quantitative estimate of drug-likeness (QED) is 0.768. The predicted molar refractivity (Wildman–Crippen MR) is 80.7 cm³/mol. The lowest BCUT2D eigenvalue weighted by Gasteiger charge is -2.19. The van der Waals surface area contributed by atoms with Gasteiger partial charge in [-0.1, -0.05) is 13.8 Å². The van der Waals surface area contributed by atoms with Gasteiger partial charge < -0.3 is 4.57 Å². The van der Waals surface area contributed by atoms with Crippen molar-refractivity contribution in [3.8, 4) is 6.07 Å². The molecule has 20 heavy (non-hydrogen) atoms. The molecule has 0 bridgehead atoms. The van der Waals surface area contributed by atoms with Gasteiger partial charge in [-0.15, -0.1) is 11.6 Å². The first-order chi connectivity index (χ1) is 9.54. The molecule has 2 aromatic rings. The van der Waals surface area contributed by atoms with Crippen LogP contribution >= 0.6 is 11.6 Å². The highest BCUT2D eigenvalue weighted by atomic mass is 35.5. The highest BCUT2D eigenvalue weighted by Gasteiger charge is 2.33. The Balaban J connectivity index is 2.15. The number of hydrogen-bond acceptors (Lipinski definition) is 2. The van der Waals surface area contributed by atoms with Gasteiger partial charge in [-0.3, -0.25) is 0 Å². The number of nitriles is 1. The zero-order valence-electron chi connectivity index (χ0n) is 11.9. The van der Waals surface area contributed by atoms with Crippen molar-refractivity contribution < 1.29 is 0 Å². The number of hydrogen-bond donors (Lipinski definition) is 0. The summed E-state index contributed by atoms with van der Waals surface area (Å²) in [6.07, 6.45) is 3.51. The third-order valence-electron chi connectivity index (χ3n) is 4.32. The van der Waals surface area contributed by atoms with Gasteiger partial charge in [0, 0.05) is 6.04 Å². The number of imidazole rings is 1. The molecular formula is C16H18ClN3. The van der Waals surface area contributed by atoms with Crippen LogP contribution < -0.4 is 0 Å². The van der Waals surface area contributed by atoms with Crippen molar-refractivity contribution in [1.29, 1.82) is 5.26 Å². The van der Waals surface area contributed by atoms with Crippen molar-refractivity contribution in [3.63, 3.8) is 0 Å². The van der Waals surface area contributed by atoms with Crippen molar-refractivity contribution in [1.82, 2.24) is 9.55 Å². The molecule has 1 fully saturated rings. The average molecular weight is 288 g/mol. The highest BCUT2D eigenvalue weighted by molar-refractivity contribution is 6.16. The van der Waals surface area contributed by atoms with Crippen molar-refractivity contribution in [2.24, 2.45) is 5.41 Å². The van der Waals surface area contributed by atoms with Gasteiger partial charge in [-0.25, -0.2) is 4.98 Å². The van der Waals surface area contributed by atoms with Crippen LogP contribution in [0.1, 0.15) is 50.5 Å². The van der Waals surface area contributed by atoms with E-state index in [1.54, 1.807) is 0 Å². The first-order valence-corrected chi connectivity index (χ1v) is 7.54. The minimum atomic E-state index is 0.373. The van der Waals surface area contributed by atoms with Crippen LogP contribution in [0.3, 0.4) is 0 Å². The molecule has 0 radical (unpaired) electrons. The molecule has 0 spiro atoms. The maximum absolute atomic E-state index is 9.09. The van der Waals surface area contributed by atoms with E-state index in [-0.39, 0.29) is 0 Å². The van der Waals surface area contributed by atoms with E-state index in [9.17, 15) is 0 Å².